The number of aromatic hydroxyl groups is 1. The maximum Gasteiger partial charge on any atom is 0.870 e. The summed E-state index contributed by atoms with van der Waals surface area (Å²) in [4.78, 5) is 47.3. The Morgan fingerprint density at radius 1 is 1.14 bits per heavy atom. The van der Waals surface area contributed by atoms with E-state index in [1.165, 1.54) is 4.57 Å². The molecule has 0 bridgehead atoms. The number of carbonyl (C=O) groups excluding carboxylic acids is 3. The molecule has 0 unspecified atom stereocenters. The van der Waals surface area contributed by atoms with Gasteiger partial charge in [-0.2, -0.15) is 0 Å². The third kappa shape index (κ3) is 3.82. The van der Waals surface area contributed by atoms with E-state index in [2.05, 4.69) is 9.31 Å². The van der Waals surface area contributed by atoms with Crippen molar-refractivity contribution in [1.82, 2.24) is 4.57 Å². The molecule has 28 heavy (non-hydrogen) atoms. The van der Waals surface area contributed by atoms with Gasteiger partial charge in [0.05, 0.1) is 10.9 Å². The number of rotatable bonds is 5. The molecule has 0 radical (unpaired) electrons. The van der Waals surface area contributed by atoms with Crippen LogP contribution in [0.5, 0.6) is 5.75 Å². The lowest BCUT2D eigenvalue weighted by Crippen LogP contribution is -2.35. The van der Waals surface area contributed by atoms with Gasteiger partial charge in [0.1, 0.15) is 5.56 Å². The second-order valence-electron chi connectivity index (χ2n) is 6.22. The number of phenols is 1. The third-order valence-corrected chi connectivity index (χ3v) is 4.01. The summed E-state index contributed by atoms with van der Waals surface area (Å²) in [5.74, 6) is -4.57. The second-order valence-corrected chi connectivity index (χ2v) is 6.22. The Bertz CT molecular complexity index is 1030. The molecule has 1 saturated carbocycles. The number of phenolic OH excluding ortho intramolecular Hbond substituents is 1. The molecule has 1 aliphatic carbocycles. The Kier molecular flexibility index (Phi) is 5.08. The molecule has 1 fully saturated rings. The summed E-state index contributed by atoms with van der Waals surface area (Å²) in [5.41, 5.74) is -1.30. The van der Waals surface area contributed by atoms with Crippen LogP contribution in [0.2, 0.25) is 0 Å². The molecule has 0 atom stereocenters. The number of nitrogens with zero attached hydrogens (tertiary/aromatic N) is 1. The number of carbonyl (C=O) groups is 3. The van der Waals surface area contributed by atoms with E-state index >= 15 is 0 Å². The number of hydrogen-bond donors (Lipinski definition) is 1. The molecule has 1 N–H and O–H groups in total. The zero-order valence-electron chi connectivity index (χ0n) is 14.9. The molecule has 0 spiro atoms. The minimum Gasteiger partial charge on any atom is -0.503 e. The van der Waals surface area contributed by atoms with Gasteiger partial charge in [-0.1, -0.05) is 0 Å². The van der Waals surface area contributed by atoms with Gasteiger partial charge in [-0.25, -0.2) is 9.18 Å². The zero-order valence-corrected chi connectivity index (χ0v) is 14.9. The SMILES string of the molecule is CC(=O)OB(OC(C)=O)OC(=O)c1cn(C2CC2)c2c(O)c(F)ccc2c1=O. The Hall–Kier alpha value is -3.37. The zero-order chi connectivity index (χ0) is 20.6. The number of benzene rings is 1. The van der Waals surface area contributed by atoms with Crippen LogP contribution >= 0.6 is 0 Å². The average Bonchev–Trinajstić information content (AvgIpc) is 3.42. The molecule has 2 aromatic rings. The van der Waals surface area contributed by atoms with Crippen LogP contribution in [0.1, 0.15) is 43.1 Å². The Balaban J connectivity index is 2.05. The quantitative estimate of drug-likeness (QED) is 0.761. The van der Waals surface area contributed by atoms with Gasteiger partial charge in [-0.15, -0.1) is 0 Å². The van der Waals surface area contributed by atoms with Crippen molar-refractivity contribution in [3.63, 3.8) is 0 Å². The van der Waals surface area contributed by atoms with Crippen LogP contribution in [0.3, 0.4) is 0 Å². The van der Waals surface area contributed by atoms with E-state index in [1.807, 2.05) is 0 Å². The molecule has 1 aromatic heterocycles. The van der Waals surface area contributed by atoms with Gasteiger partial charge in [-0.3, -0.25) is 14.4 Å². The van der Waals surface area contributed by atoms with E-state index in [9.17, 15) is 28.7 Å². The predicted octanol–water partition coefficient (Wildman–Crippen LogP) is 1.45. The maximum atomic E-state index is 13.8. The minimum absolute atomic E-state index is 0.0272. The fourth-order valence-electron chi connectivity index (χ4n) is 2.69. The van der Waals surface area contributed by atoms with Crippen molar-refractivity contribution in [2.45, 2.75) is 32.7 Å². The van der Waals surface area contributed by atoms with E-state index in [4.69, 9.17) is 4.65 Å². The number of halogens is 1. The number of pyridine rings is 1. The highest BCUT2D eigenvalue weighted by molar-refractivity contribution is 6.44. The first-order valence-corrected chi connectivity index (χ1v) is 8.30. The first-order chi connectivity index (χ1) is 13.2. The predicted molar refractivity (Wildman–Crippen MR) is 92.8 cm³/mol. The molecule has 146 valence electrons. The fraction of sp³-hybridized carbons (Fsp3) is 0.294. The lowest BCUT2D eigenvalue weighted by molar-refractivity contribution is -0.139. The molecule has 0 saturated heterocycles. The molecule has 9 nitrogen and oxygen atoms in total. The third-order valence-electron chi connectivity index (χ3n) is 4.01. The highest BCUT2D eigenvalue weighted by Crippen LogP contribution is 2.39. The van der Waals surface area contributed by atoms with E-state index in [0.717, 1.165) is 32.2 Å². The summed E-state index contributed by atoms with van der Waals surface area (Å²) in [6, 6.07) is 1.93. The number of fused-ring (bicyclic) bond motifs is 1. The number of aromatic nitrogens is 1. The molecule has 0 amide bonds. The highest BCUT2D eigenvalue weighted by atomic mass is 19.1. The molecule has 1 aliphatic rings. The van der Waals surface area contributed by atoms with Crippen LogP contribution in [0.15, 0.2) is 23.1 Å². The van der Waals surface area contributed by atoms with Crippen LogP contribution in [0.25, 0.3) is 10.9 Å². The van der Waals surface area contributed by atoms with Gasteiger partial charge in [-0.05, 0) is 25.0 Å². The van der Waals surface area contributed by atoms with Crippen molar-refractivity contribution >= 4 is 36.1 Å². The summed E-state index contributed by atoms with van der Waals surface area (Å²) in [5, 5.41) is 9.96. The maximum absolute atomic E-state index is 13.8. The molecule has 0 aliphatic heterocycles. The van der Waals surface area contributed by atoms with Gasteiger partial charge < -0.3 is 23.6 Å². The van der Waals surface area contributed by atoms with Gasteiger partial charge >= 0.3 is 13.3 Å². The molecule has 11 heteroatoms. The second kappa shape index (κ2) is 7.33. The van der Waals surface area contributed by atoms with Crippen molar-refractivity contribution in [2.24, 2.45) is 0 Å². The van der Waals surface area contributed by atoms with Gasteiger partial charge in [0.15, 0.2) is 11.6 Å². The summed E-state index contributed by atoms with van der Waals surface area (Å²) >= 11 is 0. The molecule has 1 heterocycles. The van der Waals surface area contributed by atoms with Crippen molar-refractivity contribution in [1.29, 1.82) is 0 Å². The van der Waals surface area contributed by atoms with Crippen LogP contribution < -0.4 is 5.43 Å². The summed E-state index contributed by atoms with van der Waals surface area (Å²) in [6.07, 6.45) is 2.57. The van der Waals surface area contributed by atoms with Crippen LogP contribution in [0.4, 0.5) is 4.39 Å². The van der Waals surface area contributed by atoms with E-state index in [1.54, 1.807) is 0 Å². The van der Waals surface area contributed by atoms with Gasteiger partial charge in [0.25, 0.3) is 11.9 Å². The lowest BCUT2D eigenvalue weighted by Gasteiger charge is -2.15. The van der Waals surface area contributed by atoms with Crippen LogP contribution in [-0.4, -0.2) is 34.9 Å². The lowest BCUT2D eigenvalue weighted by atomic mass is 10.1. The molecular weight excluding hydrogens is 376 g/mol. The first kappa shape index (κ1) is 19.4. The smallest absolute Gasteiger partial charge is 0.503 e. The van der Waals surface area contributed by atoms with Crippen molar-refractivity contribution in [2.75, 3.05) is 0 Å². The molecule has 1 aromatic carbocycles. The summed E-state index contributed by atoms with van der Waals surface area (Å²) in [7, 11) is -1.96. The van der Waals surface area contributed by atoms with E-state index < -0.39 is 47.8 Å². The Morgan fingerprint density at radius 2 is 1.75 bits per heavy atom. The highest BCUT2D eigenvalue weighted by Gasteiger charge is 2.36. The van der Waals surface area contributed by atoms with E-state index in [-0.39, 0.29) is 16.9 Å². The van der Waals surface area contributed by atoms with Crippen LogP contribution in [-0.2, 0) is 23.6 Å². The topological polar surface area (TPSA) is 121 Å². The standard InChI is InChI=1S/C17H15BFNO8/c1-8(21)26-18(27-9(2)22)28-17(25)12-7-20(10-3-4-10)14-11(15(12)23)5-6-13(19)16(14)24/h5-7,10,24H,3-4H2,1-2H3. The Labute approximate surface area is 157 Å². The van der Waals surface area contributed by atoms with E-state index in [0.29, 0.717) is 12.8 Å². The summed E-state index contributed by atoms with van der Waals surface area (Å²) in [6.45, 7) is 2.02. The first-order valence-electron chi connectivity index (χ1n) is 8.30. The molecular formula is C17H15BFNO8. The van der Waals surface area contributed by atoms with Crippen LogP contribution in [0, 0.1) is 5.82 Å². The van der Waals surface area contributed by atoms with Crippen molar-refractivity contribution in [3.8, 4) is 5.75 Å². The fourth-order valence-corrected chi connectivity index (χ4v) is 2.69. The Morgan fingerprint density at radius 3 is 2.29 bits per heavy atom. The number of hydrogen-bond acceptors (Lipinski definition) is 8. The minimum atomic E-state index is -1.96. The molecule has 3 rings (SSSR count). The van der Waals surface area contributed by atoms with Gasteiger partial charge in [0.2, 0.25) is 5.43 Å². The largest absolute Gasteiger partial charge is 0.870 e. The normalized spacial score (nSPS) is 13.1. The van der Waals surface area contributed by atoms with Crippen molar-refractivity contribution in [3.05, 3.63) is 39.9 Å². The van der Waals surface area contributed by atoms with Crippen molar-refractivity contribution < 1.29 is 37.8 Å². The monoisotopic (exact) mass is 391 g/mol. The summed E-state index contributed by atoms with van der Waals surface area (Å²) < 4.78 is 29.2. The van der Waals surface area contributed by atoms with Gasteiger partial charge in [0, 0.05) is 26.1 Å². The average molecular weight is 391 g/mol.